The summed E-state index contributed by atoms with van der Waals surface area (Å²) in [5.41, 5.74) is 3.76. The Kier molecular flexibility index (Phi) is 14.4. The monoisotopic (exact) mass is 804 g/mol. The van der Waals surface area contributed by atoms with Crippen LogP contribution in [-0.4, -0.2) is 121 Å². The van der Waals surface area contributed by atoms with Gasteiger partial charge in [-0.3, -0.25) is 0 Å². The van der Waals surface area contributed by atoms with E-state index in [-0.39, 0.29) is 24.1 Å². The third-order valence-electron chi connectivity index (χ3n) is 9.95. The fourth-order valence-corrected chi connectivity index (χ4v) is 6.93. The Bertz CT molecular complexity index is 1760. The van der Waals surface area contributed by atoms with Gasteiger partial charge in [-0.2, -0.15) is 0 Å². The number of piperazine rings is 2. The molecule has 2 unspecified atom stereocenters. The van der Waals surface area contributed by atoms with Crippen LogP contribution in [0.3, 0.4) is 0 Å². The Labute approximate surface area is 340 Å². The zero-order valence-electron chi connectivity index (χ0n) is 33.5. The third-order valence-corrected chi connectivity index (χ3v) is 10.4. The Balaban J connectivity index is 0.000000214. The minimum atomic E-state index is -0.0806. The maximum absolute atomic E-state index is 12.9. The lowest BCUT2D eigenvalue weighted by molar-refractivity contribution is 0.155. The van der Waals surface area contributed by atoms with Gasteiger partial charge in [0, 0.05) is 103 Å². The van der Waals surface area contributed by atoms with Gasteiger partial charge in [-0.1, -0.05) is 50.9 Å². The highest BCUT2D eigenvalue weighted by atomic mass is 35.5. The molecule has 0 radical (unpaired) electrons. The van der Waals surface area contributed by atoms with Crippen LogP contribution >= 0.6 is 23.2 Å². The van der Waals surface area contributed by atoms with E-state index in [1.54, 1.807) is 24.5 Å². The van der Waals surface area contributed by atoms with Gasteiger partial charge >= 0.3 is 12.1 Å². The van der Waals surface area contributed by atoms with Crippen molar-refractivity contribution in [3.63, 3.8) is 0 Å². The Morgan fingerprint density at radius 2 is 0.964 bits per heavy atom. The van der Waals surface area contributed by atoms with Crippen molar-refractivity contribution in [2.45, 2.75) is 39.8 Å². The fraction of sp³-hybridized carbons (Fsp3) is 0.450. The van der Waals surface area contributed by atoms with Crippen LogP contribution in [0.2, 0.25) is 10.3 Å². The first-order valence-electron chi connectivity index (χ1n) is 18.9. The molecule has 0 saturated carbocycles. The van der Waals surface area contributed by atoms with Crippen molar-refractivity contribution in [1.82, 2.24) is 29.7 Å². The molecule has 56 heavy (non-hydrogen) atoms. The lowest BCUT2D eigenvalue weighted by atomic mass is 10.00. The van der Waals surface area contributed by atoms with Crippen LogP contribution in [-0.2, 0) is 0 Å². The average Bonchev–Trinajstić information content (AvgIpc) is 3.18. The lowest BCUT2D eigenvalue weighted by Gasteiger charge is -2.43. The van der Waals surface area contributed by atoms with E-state index in [9.17, 15) is 9.59 Å². The number of hydrogen-bond acceptors (Lipinski definition) is 10. The third kappa shape index (κ3) is 11.0. The van der Waals surface area contributed by atoms with Crippen molar-refractivity contribution in [2.24, 2.45) is 11.8 Å². The minimum absolute atomic E-state index is 0.0531. The van der Waals surface area contributed by atoms with Gasteiger partial charge in [0.25, 0.3) is 0 Å². The van der Waals surface area contributed by atoms with Crippen LogP contribution in [0.1, 0.15) is 27.7 Å². The van der Waals surface area contributed by atoms with Crippen molar-refractivity contribution in [3.8, 4) is 0 Å². The number of nitrogens with one attached hydrogen (secondary N) is 2. The normalized spacial score (nSPS) is 17.0. The van der Waals surface area contributed by atoms with Crippen molar-refractivity contribution in [2.75, 3.05) is 97.7 Å². The summed E-state index contributed by atoms with van der Waals surface area (Å²) < 4.78 is 0. The van der Waals surface area contributed by atoms with Crippen LogP contribution in [0.5, 0.6) is 0 Å². The van der Waals surface area contributed by atoms with E-state index in [1.165, 1.54) is 0 Å². The maximum Gasteiger partial charge on any atom is 0.322 e. The highest BCUT2D eigenvalue weighted by molar-refractivity contribution is 6.29. The van der Waals surface area contributed by atoms with Crippen LogP contribution in [0.15, 0.2) is 73.1 Å². The van der Waals surface area contributed by atoms with Gasteiger partial charge in [-0.15, -0.1) is 0 Å². The standard InChI is InChI=1S/2C20H27ClN6O/c2*1-14(2)17-13-26(19-22-10-9-18(21)24-19)11-12-27(17)20(28)23-15-5-7-16(8-6-15)25(3)4/h2*5-10,14,17H,11-13H2,1-4H3,(H,23,28). The van der Waals surface area contributed by atoms with Gasteiger partial charge in [0.15, 0.2) is 0 Å². The van der Waals surface area contributed by atoms with Gasteiger partial charge in [0.1, 0.15) is 10.3 Å². The number of carbonyl (C=O) groups is 2. The van der Waals surface area contributed by atoms with E-state index in [2.05, 4.69) is 68.1 Å². The maximum atomic E-state index is 12.9. The molecule has 4 heterocycles. The lowest BCUT2D eigenvalue weighted by Crippen LogP contribution is -2.58. The largest absolute Gasteiger partial charge is 0.378 e. The molecule has 14 nitrogen and oxygen atoms in total. The number of aromatic nitrogens is 4. The summed E-state index contributed by atoms with van der Waals surface area (Å²) in [5, 5.41) is 6.90. The molecule has 2 atom stereocenters. The Hall–Kier alpha value is -5.08. The Morgan fingerprint density at radius 1 is 0.607 bits per heavy atom. The molecule has 16 heteroatoms. The molecule has 0 aliphatic carbocycles. The average molecular weight is 806 g/mol. The van der Waals surface area contributed by atoms with Crippen molar-refractivity contribution in [3.05, 3.63) is 83.4 Å². The predicted octanol–water partition coefficient (Wildman–Crippen LogP) is 7.15. The molecule has 2 aliphatic rings. The fourth-order valence-electron chi connectivity index (χ4n) is 6.66. The smallest absolute Gasteiger partial charge is 0.322 e. The molecule has 2 N–H and O–H groups in total. The number of rotatable bonds is 8. The summed E-state index contributed by atoms with van der Waals surface area (Å²) in [6.45, 7) is 12.4. The second-order valence-electron chi connectivity index (χ2n) is 15.0. The van der Waals surface area contributed by atoms with Crippen molar-refractivity contribution >= 4 is 69.9 Å². The molecule has 4 aromatic rings. The highest BCUT2D eigenvalue weighted by Gasteiger charge is 2.35. The molecule has 2 aromatic heterocycles. The van der Waals surface area contributed by atoms with E-state index >= 15 is 0 Å². The van der Waals surface area contributed by atoms with Crippen LogP contribution < -0.4 is 30.2 Å². The second kappa shape index (κ2) is 19.2. The molecule has 2 fully saturated rings. The first kappa shape index (κ1) is 42.1. The molecule has 6 rings (SSSR count). The summed E-state index contributed by atoms with van der Waals surface area (Å²) in [4.78, 5) is 55.2. The van der Waals surface area contributed by atoms with Crippen molar-refractivity contribution in [1.29, 1.82) is 0 Å². The van der Waals surface area contributed by atoms with Gasteiger partial charge in [0.2, 0.25) is 11.9 Å². The summed E-state index contributed by atoms with van der Waals surface area (Å²) in [7, 11) is 7.96. The molecule has 2 aliphatic heterocycles. The van der Waals surface area contributed by atoms with Crippen LogP contribution in [0.4, 0.5) is 44.2 Å². The summed E-state index contributed by atoms with van der Waals surface area (Å²) >= 11 is 12.0. The Morgan fingerprint density at radius 3 is 1.27 bits per heavy atom. The van der Waals surface area contributed by atoms with E-state index in [0.717, 1.165) is 22.7 Å². The molecule has 0 spiro atoms. The SMILES string of the molecule is CC(C)C1CN(c2nccc(Cl)n2)CCN1C(=O)Nc1ccc(N(C)C)cc1.CC(C)C1CN(c2nccc(Cl)n2)CCN1C(=O)Nc1ccc(N(C)C)cc1. The molecular weight excluding hydrogens is 751 g/mol. The minimum Gasteiger partial charge on any atom is -0.378 e. The van der Waals surface area contributed by atoms with Gasteiger partial charge in [-0.25, -0.2) is 29.5 Å². The summed E-state index contributed by atoms with van der Waals surface area (Å²) in [6, 6.07) is 18.9. The molecular formula is C40H54Cl2N12O2. The first-order chi connectivity index (χ1) is 26.7. The van der Waals surface area contributed by atoms with E-state index in [1.807, 2.05) is 96.3 Å². The summed E-state index contributed by atoms with van der Waals surface area (Å²) in [5.74, 6) is 1.81. The number of urea groups is 2. The molecule has 4 amide bonds. The molecule has 2 saturated heterocycles. The van der Waals surface area contributed by atoms with E-state index in [4.69, 9.17) is 23.2 Å². The number of anilines is 6. The number of nitrogens with zero attached hydrogens (tertiary/aromatic N) is 10. The number of benzene rings is 2. The molecule has 0 bridgehead atoms. The topological polar surface area (TPSA) is 129 Å². The quantitative estimate of drug-likeness (QED) is 0.177. The number of amides is 4. The van der Waals surface area contributed by atoms with Crippen molar-refractivity contribution < 1.29 is 9.59 Å². The van der Waals surface area contributed by atoms with E-state index < -0.39 is 0 Å². The highest BCUT2D eigenvalue weighted by Crippen LogP contribution is 2.25. The predicted molar refractivity (Wildman–Crippen MR) is 229 cm³/mol. The first-order valence-corrected chi connectivity index (χ1v) is 19.6. The van der Waals surface area contributed by atoms with Gasteiger partial charge < -0.3 is 40.0 Å². The van der Waals surface area contributed by atoms with Gasteiger partial charge in [-0.05, 0) is 72.5 Å². The molecule has 300 valence electrons. The number of carbonyl (C=O) groups excluding carboxylic acids is 2. The number of halogens is 2. The summed E-state index contributed by atoms with van der Waals surface area (Å²) in [6.07, 6.45) is 3.32. The van der Waals surface area contributed by atoms with E-state index in [0.29, 0.717) is 73.3 Å². The van der Waals surface area contributed by atoms with Gasteiger partial charge in [0.05, 0.1) is 12.1 Å². The van der Waals surface area contributed by atoms with Crippen LogP contribution in [0, 0.1) is 11.8 Å². The zero-order valence-corrected chi connectivity index (χ0v) is 35.0. The zero-order chi connectivity index (χ0) is 40.5. The van der Waals surface area contributed by atoms with Crippen LogP contribution in [0.25, 0.3) is 0 Å². The number of hydrogen-bond donors (Lipinski definition) is 2. The molecule has 2 aromatic carbocycles. The second-order valence-corrected chi connectivity index (χ2v) is 15.8.